The number of hydrogen-bond donors (Lipinski definition) is 1. The van der Waals surface area contributed by atoms with Crippen molar-refractivity contribution in [2.45, 2.75) is 37.5 Å². The van der Waals surface area contributed by atoms with Gasteiger partial charge in [0.15, 0.2) is 5.69 Å². The first-order valence-electron chi connectivity index (χ1n) is 10.3. The molecule has 4 heterocycles. The SMILES string of the molecule is CN(C)c1ncc2c(=O)[nH]c(C3CCN(C(=O)c4cc(C5CC5)on4)CC3)cc2n1. The van der Waals surface area contributed by atoms with Crippen molar-refractivity contribution in [3.05, 3.63) is 45.8 Å². The molecule has 9 heteroatoms. The van der Waals surface area contributed by atoms with E-state index in [0.29, 0.717) is 41.6 Å². The number of aromatic amines is 1. The first-order valence-corrected chi connectivity index (χ1v) is 10.3. The number of carbonyl (C=O) groups is 1. The number of anilines is 1. The number of nitrogens with zero attached hydrogens (tertiary/aromatic N) is 5. The van der Waals surface area contributed by atoms with Crippen LogP contribution in [0.4, 0.5) is 5.95 Å². The van der Waals surface area contributed by atoms with Gasteiger partial charge in [-0.2, -0.15) is 0 Å². The maximum absolute atomic E-state index is 12.8. The number of pyridine rings is 1. The van der Waals surface area contributed by atoms with E-state index in [2.05, 4.69) is 20.1 Å². The molecule has 1 saturated carbocycles. The van der Waals surface area contributed by atoms with Crippen LogP contribution in [0.5, 0.6) is 0 Å². The Morgan fingerprint density at radius 2 is 1.93 bits per heavy atom. The molecule has 0 spiro atoms. The Balaban J connectivity index is 1.31. The van der Waals surface area contributed by atoms with E-state index < -0.39 is 0 Å². The molecule has 3 aromatic heterocycles. The van der Waals surface area contributed by atoms with Gasteiger partial charge in [0.1, 0.15) is 5.76 Å². The minimum absolute atomic E-state index is 0.0838. The number of rotatable bonds is 4. The normalized spacial score (nSPS) is 17.5. The third-order valence-corrected chi connectivity index (χ3v) is 5.95. The van der Waals surface area contributed by atoms with Gasteiger partial charge in [-0.15, -0.1) is 0 Å². The van der Waals surface area contributed by atoms with Gasteiger partial charge in [0.25, 0.3) is 11.5 Å². The molecule has 2 fully saturated rings. The average Bonchev–Trinajstić information content (AvgIpc) is 3.49. The Kier molecular flexibility index (Phi) is 4.52. The molecule has 1 N–H and O–H groups in total. The second kappa shape index (κ2) is 7.23. The molecule has 0 unspecified atom stereocenters. The molecule has 3 aromatic rings. The van der Waals surface area contributed by atoms with Gasteiger partial charge in [0.2, 0.25) is 5.95 Å². The van der Waals surface area contributed by atoms with Crippen LogP contribution in [-0.4, -0.2) is 58.1 Å². The van der Waals surface area contributed by atoms with Crippen LogP contribution < -0.4 is 10.5 Å². The van der Waals surface area contributed by atoms with Gasteiger partial charge in [-0.3, -0.25) is 9.59 Å². The highest BCUT2D eigenvalue weighted by molar-refractivity contribution is 5.92. The van der Waals surface area contributed by atoms with E-state index in [4.69, 9.17) is 4.52 Å². The maximum atomic E-state index is 12.8. The van der Waals surface area contributed by atoms with Crippen molar-refractivity contribution >= 4 is 22.8 Å². The highest BCUT2D eigenvalue weighted by atomic mass is 16.5. The largest absolute Gasteiger partial charge is 0.360 e. The lowest BCUT2D eigenvalue weighted by atomic mass is 9.92. The van der Waals surface area contributed by atoms with Crippen molar-refractivity contribution in [1.82, 2.24) is 25.0 Å². The number of amides is 1. The summed E-state index contributed by atoms with van der Waals surface area (Å²) in [4.78, 5) is 40.6. The van der Waals surface area contributed by atoms with Crippen molar-refractivity contribution in [2.75, 3.05) is 32.1 Å². The summed E-state index contributed by atoms with van der Waals surface area (Å²) in [5.74, 6) is 1.91. The van der Waals surface area contributed by atoms with Crippen molar-refractivity contribution in [1.29, 1.82) is 0 Å². The third kappa shape index (κ3) is 3.44. The zero-order valence-corrected chi connectivity index (χ0v) is 17.1. The topological polar surface area (TPSA) is 108 Å². The number of likely N-dealkylation sites (tertiary alicyclic amines) is 1. The summed E-state index contributed by atoms with van der Waals surface area (Å²) in [5.41, 5.74) is 1.71. The van der Waals surface area contributed by atoms with Crippen molar-refractivity contribution in [3.63, 3.8) is 0 Å². The first kappa shape index (κ1) is 18.8. The standard InChI is InChI=1S/C21H24N6O3/c1-26(2)21-22-11-14-16(24-21)9-15(23-19(14)28)12-5-7-27(8-6-12)20(29)17-10-18(30-25-17)13-3-4-13/h9-13H,3-8H2,1-2H3,(H,23,28). The summed E-state index contributed by atoms with van der Waals surface area (Å²) in [6, 6.07) is 3.72. The predicted molar refractivity (Wildman–Crippen MR) is 111 cm³/mol. The number of piperidine rings is 1. The molecule has 1 aliphatic carbocycles. The van der Waals surface area contributed by atoms with Crippen LogP contribution in [0.2, 0.25) is 0 Å². The molecule has 156 valence electrons. The molecule has 30 heavy (non-hydrogen) atoms. The van der Waals surface area contributed by atoms with Crippen molar-refractivity contribution < 1.29 is 9.32 Å². The average molecular weight is 408 g/mol. The lowest BCUT2D eigenvalue weighted by Gasteiger charge is -2.31. The molecule has 1 saturated heterocycles. The van der Waals surface area contributed by atoms with Gasteiger partial charge in [-0.25, -0.2) is 9.97 Å². The molecular formula is C21H24N6O3. The molecule has 1 aliphatic heterocycles. The molecule has 1 amide bonds. The van der Waals surface area contributed by atoms with Crippen LogP contribution in [0, 0.1) is 0 Å². The van der Waals surface area contributed by atoms with Gasteiger partial charge < -0.3 is 19.3 Å². The summed E-state index contributed by atoms with van der Waals surface area (Å²) in [7, 11) is 3.73. The molecule has 0 aromatic carbocycles. The molecule has 5 rings (SSSR count). The van der Waals surface area contributed by atoms with E-state index in [9.17, 15) is 9.59 Å². The molecule has 2 aliphatic rings. The van der Waals surface area contributed by atoms with Crippen molar-refractivity contribution in [3.8, 4) is 0 Å². The molecule has 0 bridgehead atoms. The smallest absolute Gasteiger partial charge is 0.276 e. The molecule has 0 radical (unpaired) electrons. The Morgan fingerprint density at radius 3 is 2.63 bits per heavy atom. The van der Waals surface area contributed by atoms with Gasteiger partial charge in [0.05, 0.1) is 10.9 Å². The predicted octanol–water partition coefficient (Wildman–Crippen LogP) is 2.27. The minimum atomic E-state index is -0.179. The lowest BCUT2D eigenvalue weighted by Crippen LogP contribution is -2.38. The summed E-state index contributed by atoms with van der Waals surface area (Å²) < 4.78 is 5.32. The number of aromatic nitrogens is 4. The maximum Gasteiger partial charge on any atom is 0.276 e. The number of carbonyl (C=O) groups excluding carboxylic acids is 1. The zero-order valence-electron chi connectivity index (χ0n) is 17.1. The number of nitrogens with one attached hydrogen (secondary N) is 1. The second-order valence-corrected chi connectivity index (χ2v) is 8.37. The van der Waals surface area contributed by atoms with Crippen LogP contribution in [-0.2, 0) is 0 Å². The summed E-state index contributed by atoms with van der Waals surface area (Å²) in [6.45, 7) is 1.23. The summed E-state index contributed by atoms with van der Waals surface area (Å²) in [6.07, 6.45) is 5.33. The van der Waals surface area contributed by atoms with Crippen LogP contribution in [0.25, 0.3) is 10.9 Å². The number of fused-ring (bicyclic) bond motifs is 1. The van der Waals surface area contributed by atoms with E-state index >= 15 is 0 Å². The number of H-pyrrole nitrogens is 1. The van der Waals surface area contributed by atoms with E-state index in [1.54, 1.807) is 12.3 Å². The fourth-order valence-corrected chi connectivity index (χ4v) is 3.99. The summed E-state index contributed by atoms with van der Waals surface area (Å²) >= 11 is 0. The van der Waals surface area contributed by atoms with E-state index in [-0.39, 0.29) is 17.4 Å². The van der Waals surface area contributed by atoms with E-state index in [0.717, 1.165) is 37.1 Å². The Hall–Kier alpha value is -3.23. The van der Waals surface area contributed by atoms with Crippen molar-refractivity contribution in [2.24, 2.45) is 0 Å². The fraction of sp³-hybridized carbons (Fsp3) is 0.476. The Bertz CT molecular complexity index is 1160. The van der Waals surface area contributed by atoms with Crippen LogP contribution in [0.3, 0.4) is 0 Å². The molecular weight excluding hydrogens is 384 g/mol. The van der Waals surface area contributed by atoms with Gasteiger partial charge in [0, 0.05) is 57.0 Å². The number of hydrogen-bond acceptors (Lipinski definition) is 7. The summed E-state index contributed by atoms with van der Waals surface area (Å²) in [5, 5.41) is 4.45. The van der Waals surface area contributed by atoms with Crippen LogP contribution in [0.15, 0.2) is 27.6 Å². The van der Waals surface area contributed by atoms with Gasteiger partial charge >= 0.3 is 0 Å². The molecule has 9 nitrogen and oxygen atoms in total. The minimum Gasteiger partial charge on any atom is -0.360 e. The van der Waals surface area contributed by atoms with Gasteiger partial charge in [-0.1, -0.05) is 5.16 Å². The first-order chi connectivity index (χ1) is 14.5. The fourth-order valence-electron chi connectivity index (χ4n) is 3.99. The Morgan fingerprint density at radius 1 is 1.17 bits per heavy atom. The monoisotopic (exact) mass is 408 g/mol. The highest BCUT2D eigenvalue weighted by Crippen LogP contribution is 2.40. The zero-order chi connectivity index (χ0) is 20.8. The lowest BCUT2D eigenvalue weighted by molar-refractivity contribution is 0.0701. The van der Waals surface area contributed by atoms with E-state index in [1.807, 2.05) is 30.0 Å². The second-order valence-electron chi connectivity index (χ2n) is 8.37. The highest BCUT2D eigenvalue weighted by Gasteiger charge is 2.31. The quantitative estimate of drug-likeness (QED) is 0.705. The Labute approximate surface area is 173 Å². The van der Waals surface area contributed by atoms with Gasteiger partial charge in [-0.05, 0) is 31.7 Å². The van der Waals surface area contributed by atoms with E-state index in [1.165, 1.54) is 0 Å². The van der Waals surface area contributed by atoms with Crippen LogP contribution in [0.1, 0.15) is 59.5 Å². The molecule has 0 atom stereocenters. The third-order valence-electron chi connectivity index (χ3n) is 5.95. The van der Waals surface area contributed by atoms with Crippen LogP contribution >= 0.6 is 0 Å².